The molecule has 7 nitrogen and oxygen atoms in total. The molecule has 1 unspecified atom stereocenters. The number of benzene rings is 1. The standard InChI is InChI=1S/C21H29N5O2/c1-24(2)21-22-10-9-18(23-21)15-25(3)20(27)13-19-16-26(11-12-28-19)14-17-7-5-4-6-8-17/h4-10,19H,11-16H2,1-3H3. The van der Waals surface area contributed by atoms with Crippen LogP contribution >= 0.6 is 0 Å². The number of aromatic nitrogens is 2. The van der Waals surface area contributed by atoms with Gasteiger partial charge in [0.15, 0.2) is 0 Å². The molecule has 1 aromatic heterocycles. The van der Waals surface area contributed by atoms with Gasteiger partial charge in [-0.1, -0.05) is 30.3 Å². The molecule has 1 amide bonds. The Morgan fingerprint density at radius 1 is 1.21 bits per heavy atom. The summed E-state index contributed by atoms with van der Waals surface area (Å²) in [6.45, 7) is 3.67. The summed E-state index contributed by atoms with van der Waals surface area (Å²) in [5.41, 5.74) is 2.11. The average molecular weight is 383 g/mol. The number of morpholine rings is 1. The van der Waals surface area contributed by atoms with E-state index in [4.69, 9.17) is 4.74 Å². The van der Waals surface area contributed by atoms with Gasteiger partial charge in [-0.25, -0.2) is 9.97 Å². The lowest BCUT2D eigenvalue weighted by atomic mass is 10.1. The van der Waals surface area contributed by atoms with Crippen LogP contribution in [-0.2, 0) is 22.6 Å². The van der Waals surface area contributed by atoms with Crippen molar-refractivity contribution in [3.8, 4) is 0 Å². The van der Waals surface area contributed by atoms with Gasteiger partial charge in [0, 0.05) is 47.0 Å². The van der Waals surface area contributed by atoms with E-state index in [1.165, 1.54) is 5.56 Å². The normalized spacial score (nSPS) is 17.3. The van der Waals surface area contributed by atoms with Crippen molar-refractivity contribution in [3.05, 3.63) is 53.9 Å². The van der Waals surface area contributed by atoms with Gasteiger partial charge in [-0.05, 0) is 11.6 Å². The summed E-state index contributed by atoms with van der Waals surface area (Å²) in [7, 11) is 5.61. The van der Waals surface area contributed by atoms with Gasteiger partial charge < -0.3 is 14.5 Å². The Morgan fingerprint density at radius 3 is 2.75 bits per heavy atom. The van der Waals surface area contributed by atoms with Crippen LogP contribution in [0.4, 0.5) is 5.95 Å². The van der Waals surface area contributed by atoms with Gasteiger partial charge in [0.05, 0.1) is 31.4 Å². The van der Waals surface area contributed by atoms with Crippen LogP contribution in [0.2, 0.25) is 0 Å². The van der Waals surface area contributed by atoms with E-state index in [-0.39, 0.29) is 12.0 Å². The first kappa shape index (κ1) is 20.2. The van der Waals surface area contributed by atoms with Gasteiger partial charge in [0.2, 0.25) is 11.9 Å². The first-order valence-electron chi connectivity index (χ1n) is 9.62. The van der Waals surface area contributed by atoms with Crippen LogP contribution in [0.25, 0.3) is 0 Å². The largest absolute Gasteiger partial charge is 0.375 e. The summed E-state index contributed by atoms with van der Waals surface area (Å²) in [5, 5.41) is 0. The summed E-state index contributed by atoms with van der Waals surface area (Å²) in [6, 6.07) is 12.2. The molecule has 2 heterocycles. The highest BCUT2D eigenvalue weighted by Crippen LogP contribution is 2.14. The van der Waals surface area contributed by atoms with Gasteiger partial charge in [-0.2, -0.15) is 0 Å². The number of carbonyl (C=O) groups excluding carboxylic acids is 1. The van der Waals surface area contributed by atoms with E-state index in [2.05, 4.69) is 39.1 Å². The van der Waals surface area contributed by atoms with Crippen LogP contribution in [0.5, 0.6) is 0 Å². The molecule has 0 radical (unpaired) electrons. The van der Waals surface area contributed by atoms with Gasteiger partial charge >= 0.3 is 0 Å². The quantitative estimate of drug-likeness (QED) is 0.727. The molecule has 150 valence electrons. The fourth-order valence-corrected chi connectivity index (χ4v) is 3.26. The van der Waals surface area contributed by atoms with Gasteiger partial charge in [-0.3, -0.25) is 9.69 Å². The molecule has 0 bridgehead atoms. The van der Waals surface area contributed by atoms with Crippen LogP contribution in [0.15, 0.2) is 42.6 Å². The second-order valence-corrected chi connectivity index (χ2v) is 7.41. The Labute approximate surface area is 166 Å². The highest BCUT2D eigenvalue weighted by Gasteiger charge is 2.24. The molecule has 1 aromatic carbocycles. The third-order valence-electron chi connectivity index (χ3n) is 4.80. The molecule has 2 aromatic rings. The van der Waals surface area contributed by atoms with Crippen molar-refractivity contribution >= 4 is 11.9 Å². The van der Waals surface area contributed by atoms with Crippen molar-refractivity contribution in [2.75, 3.05) is 45.7 Å². The molecule has 28 heavy (non-hydrogen) atoms. The molecule has 1 atom stereocenters. The van der Waals surface area contributed by atoms with Crippen LogP contribution in [0.1, 0.15) is 17.7 Å². The number of rotatable bonds is 7. The van der Waals surface area contributed by atoms with Crippen molar-refractivity contribution < 1.29 is 9.53 Å². The van der Waals surface area contributed by atoms with Crippen molar-refractivity contribution in [1.82, 2.24) is 19.8 Å². The fraction of sp³-hybridized carbons (Fsp3) is 0.476. The van der Waals surface area contributed by atoms with Crippen LogP contribution in [-0.4, -0.2) is 72.6 Å². The van der Waals surface area contributed by atoms with Crippen molar-refractivity contribution in [3.63, 3.8) is 0 Å². The molecule has 0 saturated carbocycles. The SMILES string of the molecule is CN(Cc1ccnc(N(C)C)n1)C(=O)CC1CN(Cc2ccccc2)CCO1. The molecular formula is C21H29N5O2. The summed E-state index contributed by atoms with van der Waals surface area (Å²) in [5.74, 6) is 0.710. The predicted molar refractivity (Wildman–Crippen MR) is 109 cm³/mol. The maximum absolute atomic E-state index is 12.7. The summed E-state index contributed by atoms with van der Waals surface area (Å²) >= 11 is 0. The first-order chi connectivity index (χ1) is 13.5. The van der Waals surface area contributed by atoms with Crippen molar-refractivity contribution in [2.24, 2.45) is 0 Å². The molecule has 7 heteroatoms. The van der Waals surface area contributed by atoms with E-state index in [0.29, 0.717) is 25.5 Å². The molecular weight excluding hydrogens is 354 g/mol. The third-order valence-corrected chi connectivity index (χ3v) is 4.80. The fourth-order valence-electron chi connectivity index (χ4n) is 3.26. The number of ether oxygens (including phenoxy) is 1. The zero-order chi connectivity index (χ0) is 19.9. The van der Waals surface area contributed by atoms with Gasteiger partial charge in [-0.15, -0.1) is 0 Å². The monoisotopic (exact) mass is 383 g/mol. The van der Waals surface area contributed by atoms with E-state index in [9.17, 15) is 4.79 Å². The molecule has 1 aliphatic rings. The Kier molecular flexibility index (Phi) is 6.95. The maximum atomic E-state index is 12.7. The highest BCUT2D eigenvalue weighted by atomic mass is 16.5. The minimum Gasteiger partial charge on any atom is -0.375 e. The van der Waals surface area contributed by atoms with E-state index in [1.54, 1.807) is 11.1 Å². The van der Waals surface area contributed by atoms with E-state index in [0.717, 1.165) is 25.3 Å². The lowest BCUT2D eigenvalue weighted by Crippen LogP contribution is -2.44. The number of carbonyl (C=O) groups is 1. The van der Waals surface area contributed by atoms with Crippen LogP contribution in [0, 0.1) is 0 Å². The molecule has 1 saturated heterocycles. The Balaban J connectivity index is 1.51. The number of hydrogen-bond acceptors (Lipinski definition) is 6. The minimum atomic E-state index is -0.0739. The Morgan fingerprint density at radius 2 is 2.00 bits per heavy atom. The number of anilines is 1. The highest BCUT2D eigenvalue weighted by molar-refractivity contribution is 5.76. The van der Waals surface area contributed by atoms with Crippen molar-refractivity contribution in [1.29, 1.82) is 0 Å². The molecule has 0 aliphatic carbocycles. The summed E-state index contributed by atoms with van der Waals surface area (Å²) < 4.78 is 5.85. The van der Waals surface area contributed by atoms with Gasteiger partial charge in [0.1, 0.15) is 0 Å². The molecule has 3 rings (SSSR count). The van der Waals surface area contributed by atoms with Crippen molar-refractivity contribution in [2.45, 2.75) is 25.6 Å². The van der Waals surface area contributed by atoms with Gasteiger partial charge in [0.25, 0.3) is 0 Å². The number of hydrogen-bond donors (Lipinski definition) is 0. The lowest BCUT2D eigenvalue weighted by Gasteiger charge is -2.33. The van der Waals surface area contributed by atoms with E-state index in [1.807, 2.05) is 38.2 Å². The maximum Gasteiger partial charge on any atom is 0.225 e. The van der Waals surface area contributed by atoms with E-state index >= 15 is 0 Å². The topological polar surface area (TPSA) is 61.8 Å². The van der Waals surface area contributed by atoms with Crippen LogP contribution in [0.3, 0.4) is 0 Å². The zero-order valence-electron chi connectivity index (χ0n) is 16.9. The Hall–Kier alpha value is -2.51. The molecule has 1 fully saturated rings. The molecule has 0 spiro atoms. The number of nitrogens with zero attached hydrogens (tertiary/aromatic N) is 5. The lowest BCUT2D eigenvalue weighted by molar-refractivity contribution is -0.135. The van der Waals surface area contributed by atoms with Crippen LogP contribution < -0.4 is 4.90 Å². The minimum absolute atomic E-state index is 0.0663. The summed E-state index contributed by atoms with van der Waals surface area (Å²) in [4.78, 5) is 27.3. The van der Waals surface area contributed by atoms with E-state index < -0.39 is 0 Å². The Bertz CT molecular complexity index is 768. The second kappa shape index (κ2) is 9.61. The first-order valence-corrected chi connectivity index (χ1v) is 9.62. The zero-order valence-corrected chi connectivity index (χ0v) is 16.9. The number of amides is 1. The molecule has 0 N–H and O–H groups in total. The predicted octanol–water partition coefficient (Wildman–Crippen LogP) is 1.79. The third kappa shape index (κ3) is 5.74. The molecule has 1 aliphatic heterocycles. The summed E-state index contributed by atoms with van der Waals surface area (Å²) in [6.07, 6.45) is 2.03. The average Bonchev–Trinajstić information content (AvgIpc) is 2.69. The second-order valence-electron chi connectivity index (χ2n) is 7.41. The smallest absolute Gasteiger partial charge is 0.225 e.